The first-order valence-corrected chi connectivity index (χ1v) is 10.5. The number of hydrogen-bond acceptors (Lipinski definition) is 4. The molecule has 2 amide bonds. The third-order valence-electron chi connectivity index (χ3n) is 5.25. The van der Waals surface area contributed by atoms with E-state index >= 15 is 0 Å². The van der Waals surface area contributed by atoms with Crippen LogP contribution in [0.25, 0.3) is 0 Å². The molecule has 1 saturated heterocycles. The zero-order valence-electron chi connectivity index (χ0n) is 15.6. The van der Waals surface area contributed by atoms with Crippen LogP contribution in [0.1, 0.15) is 56.8 Å². The summed E-state index contributed by atoms with van der Waals surface area (Å²) in [7, 11) is 0. The van der Waals surface area contributed by atoms with E-state index in [9.17, 15) is 14.0 Å². The molecule has 2 heterocycles. The zero-order chi connectivity index (χ0) is 19.5. The molecule has 1 aliphatic carbocycles. The summed E-state index contributed by atoms with van der Waals surface area (Å²) < 4.78 is 18.7. The van der Waals surface area contributed by atoms with E-state index in [1.54, 1.807) is 0 Å². The fourth-order valence-corrected chi connectivity index (χ4v) is 5.05. The molecule has 2 aliphatic rings. The van der Waals surface area contributed by atoms with Crippen LogP contribution in [-0.4, -0.2) is 31.1 Å². The van der Waals surface area contributed by atoms with Crippen molar-refractivity contribution in [1.29, 1.82) is 0 Å². The molecule has 4 rings (SSSR count). The molecule has 0 bridgehead atoms. The fraction of sp³-hybridized carbons (Fsp3) is 0.429. The van der Waals surface area contributed by atoms with Gasteiger partial charge in [0.2, 0.25) is 0 Å². The molecule has 0 spiro atoms. The number of halogens is 1. The van der Waals surface area contributed by atoms with Gasteiger partial charge in [0.05, 0.1) is 11.7 Å². The summed E-state index contributed by atoms with van der Waals surface area (Å²) in [5.41, 5.74) is 1.99. The topological polar surface area (TPSA) is 67.4 Å². The molecule has 2 N–H and O–H groups in total. The van der Waals surface area contributed by atoms with Gasteiger partial charge in [-0.3, -0.25) is 9.59 Å². The summed E-state index contributed by atoms with van der Waals surface area (Å²) in [5.74, 6) is -0.895. The Hall–Kier alpha value is -2.25. The lowest BCUT2D eigenvalue weighted by Crippen LogP contribution is -2.32. The van der Waals surface area contributed by atoms with Gasteiger partial charge in [-0.1, -0.05) is 0 Å². The fourth-order valence-electron chi connectivity index (χ4n) is 3.77. The average Bonchev–Trinajstić information content (AvgIpc) is 3.34. The first-order valence-electron chi connectivity index (χ1n) is 9.73. The van der Waals surface area contributed by atoms with Crippen molar-refractivity contribution in [1.82, 2.24) is 5.32 Å². The number of thiophene rings is 1. The molecule has 28 heavy (non-hydrogen) atoms. The Morgan fingerprint density at radius 1 is 1.11 bits per heavy atom. The van der Waals surface area contributed by atoms with E-state index in [-0.39, 0.29) is 17.9 Å². The van der Waals surface area contributed by atoms with Gasteiger partial charge in [-0.25, -0.2) is 4.39 Å². The first kappa shape index (κ1) is 19.1. The largest absolute Gasteiger partial charge is 0.376 e. The molecule has 1 atom stereocenters. The summed E-state index contributed by atoms with van der Waals surface area (Å²) in [6.45, 7) is 1.22. The third kappa shape index (κ3) is 4.10. The van der Waals surface area contributed by atoms with E-state index in [2.05, 4.69) is 10.6 Å². The lowest BCUT2D eigenvalue weighted by atomic mass is 9.95. The lowest BCUT2D eigenvalue weighted by molar-refractivity contribution is 0.0858. The molecule has 148 valence electrons. The Kier molecular flexibility index (Phi) is 5.73. The highest BCUT2D eigenvalue weighted by atomic mass is 32.1. The highest BCUT2D eigenvalue weighted by Gasteiger charge is 2.27. The maximum absolute atomic E-state index is 13.1. The summed E-state index contributed by atoms with van der Waals surface area (Å²) in [4.78, 5) is 26.7. The summed E-state index contributed by atoms with van der Waals surface area (Å²) in [6.07, 6.45) is 5.95. The van der Waals surface area contributed by atoms with Crippen LogP contribution in [0.3, 0.4) is 0 Å². The zero-order valence-corrected chi connectivity index (χ0v) is 16.4. The predicted octanol–water partition coefficient (Wildman–Crippen LogP) is 3.93. The Bertz CT molecular complexity index is 873. The molecule has 0 saturated carbocycles. The Morgan fingerprint density at radius 3 is 2.64 bits per heavy atom. The number of hydrogen-bond donors (Lipinski definition) is 2. The standard InChI is InChI=1S/C21H23FN2O3S/c22-14-9-7-13(8-10-14)19(25)24-21-18(16-5-1-2-6-17(16)28-21)20(26)23-12-15-4-3-11-27-15/h7-10,15H,1-6,11-12H2,(H,23,26)(H,24,25)/t15-/m1/s1. The SMILES string of the molecule is O=C(Nc1sc2c(c1C(=O)NC[C@H]1CCCO1)CCCC2)c1ccc(F)cc1. The van der Waals surface area contributed by atoms with Crippen LogP contribution in [0, 0.1) is 5.82 Å². The van der Waals surface area contributed by atoms with Gasteiger partial charge in [0.15, 0.2) is 0 Å². The summed E-state index contributed by atoms with van der Waals surface area (Å²) >= 11 is 1.48. The minimum Gasteiger partial charge on any atom is -0.376 e. The maximum atomic E-state index is 13.1. The summed E-state index contributed by atoms with van der Waals surface area (Å²) in [5, 5.41) is 6.43. The maximum Gasteiger partial charge on any atom is 0.256 e. The van der Waals surface area contributed by atoms with Gasteiger partial charge >= 0.3 is 0 Å². The molecule has 5 nitrogen and oxygen atoms in total. The van der Waals surface area contributed by atoms with Crippen LogP contribution in [0.4, 0.5) is 9.39 Å². The van der Waals surface area contributed by atoms with Crippen LogP contribution in [0.15, 0.2) is 24.3 Å². The minimum absolute atomic E-state index is 0.0654. The molecule has 1 aromatic heterocycles. The van der Waals surface area contributed by atoms with Gasteiger partial charge in [-0.05, 0) is 68.4 Å². The van der Waals surface area contributed by atoms with Gasteiger partial charge < -0.3 is 15.4 Å². The lowest BCUT2D eigenvalue weighted by Gasteiger charge is -2.15. The average molecular weight is 402 g/mol. The number of anilines is 1. The van der Waals surface area contributed by atoms with E-state index < -0.39 is 5.82 Å². The second-order valence-corrected chi connectivity index (χ2v) is 8.33. The number of rotatable bonds is 5. The van der Waals surface area contributed by atoms with Crippen LogP contribution >= 0.6 is 11.3 Å². The van der Waals surface area contributed by atoms with Crippen LogP contribution < -0.4 is 10.6 Å². The van der Waals surface area contributed by atoms with Crippen molar-refractivity contribution >= 4 is 28.2 Å². The Labute approximate surface area is 167 Å². The third-order valence-corrected chi connectivity index (χ3v) is 6.45. The van der Waals surface area contributed by atoms with Gasteiger partial charge in [0, 0.05) is 23.6 Å². The predicted molar refractivity (Wildman–Crippen MR) is 107 cm³/mol. The number of amides is 2. The number of ether oxygens (including phenoxy) is 1. The normalized spacial score (nSPS) is 18.5. The molecule has 0 unspecified atom stereocenters. The van der Waals surface area contributed by atoms with Crippen LogP contribution in [0.5, 0.6) is 0 Å². The van der Waals surface area contributed by atoms with Gasteiger partial charge in [0.1, 0.15) is 10.8 Å². The molecule has 2 aromatic rings. The molecule has 0 radical (unpaired) electrons. The van der Waals surface area contributed by atoms with Crippen molar-refractivity contribution in [3.63, 3.8) is 0 Å². The number of fused-ring (bicyclic) bond motifs is 1. The molecule has 7 heteroatoms. The van der Waals surface area contributed by atoms with Crippen molar-refractivity contribution in [2.24, 2.45) is 0 Å². The smallest absolute Gasteiger partial charge is 0.256 e. The number of nitrogens with one attached hydrogen (secondary N) is 2. The summed E-state index contributed by atoms with van der Waals surface area (Å²) in [6, 6.07) is 5.39. The van der Waals surface area contributed by atoms with Crippen molar-refractivity contribution in [3.8, 4) is 0 Å². The number of carbonyl (C=O) groups is 2. The van der Waals surface area contributed by atoms with Crippen molar-refractivity contribution in [3.05, 3.63) is 51.7 Å². The molecule has 1 aromatic carbocycles. The quantitative estimate of drug-likeness (QED) is 0.796. The van der Waals surface area contributed by atoms with Gasteiger partial charge in [-0.15, -0.1) is 11.3 Å². The van der Waals surface area contributed by atoms with Crippen molar-refractivity contribution in [2.75, 3.05) is 18.5 Å². The monoisotopic (exact) mass is 402 g/mol. The van der Waals surface area contributed by atoms with E-state index in [0.29, 0.717) is 22.7 Å². The Balaban J connectivity index is 1.55. The highest BCUT2D eigenvalue weighted by Crippen LogP contribution is 2.38. The van der Waals surface area contributed by atoms with E-state index in [4.69, 9.17) is 4.74 Å². The van der Waals surface area contributed by atoms with Crippen molar-refractivity contribution in [2.45, 2.75) is 44.6 Å². The Morgan fingerprint density at radius 2 is 1.89 bits per heavy atom. The van der Waals surface area contributed by atoms with Crippen LogP contribution in [-0.2, 0) is 17.6 Å². The molecular weight excluding hydrogens is 379 g/mol. The second-order valence-electron chi connectivity index (χ2n) is 7.22. The van der Waals surface area contributed by atoms with Crippen molar-refractivity contribution < 1.29 is 18.7 Å². The highest BCUT2D eigenvalue weighted by molar-refractivity contribution is 7.17. The second kappa shape index (κ2) is 8.41. The molecule has 1 aliphatic heterocycles. The number of carbonyl (C=O) groups excluding carboxylic acids is 2. The van der Waals surface area contributed by atoms with E-state index in [1.807, 2.05) is 0 Å². The molecule has 1 fully saturated rings. The van der Waals surface area contributed by atoms with E-state index in [0.717, 1.165) is 50.7 Å². The number of aryl methyl sites for hydroxylation is 1. The molecular formula is C21H23FN2O3S. The van der Waals surface area contributed by atoms with Gasteiger partial charge in [-0.2, -0.15) is 0 Å². The van der Waals surface area contributed by atoms with E-state index in [1.165, 1.54) is 40.5 Å². The first-order chi connectivity index (χ1) is 13.6. The minimum atomic E-state index is -0.391. The van der Waals surface area contributed by atoms with Gasteiger partial charge in [0.25, 0.3) is 11.8 Å². The van der Waals surface area contributed by atoms with Crippen LogP contribution in [0.2, 0.25) is 0 Å². The number of benzene rings is 1.